The number of cyclic esters (lactones) is 2. The lowest BCUT2D eigenvalue weighted by Gasteiger charge is -2.32. The summed E-state index contributed by atoms with van der Waals surface area (Å²) in [4.78, 5) is 24.0. The maximum atomic E-state index is 12.1. The molecule has 4 nitrogen and oxygen atoms in total. The van der Waals surface area contributed by atoms with Crippen LogP contribution < -0.4 is 0 Å². The molecule has 1 heterocycles. The van der Waals surface area contributed by atoms with E-state index in [9.17, 15) is 9.59 Å². The summed E-state index contributed by atoms with van der Waals surface area (Å²) in [6.07, 6.45) is 4.11. The van der Waals surface area contributed by atoms with E-state index in [0.29, 0.717) is 0 Å². The molecule has 94 valence electrons. The SMILES string of the molecule is CC1(C)CC(=O)OC(C2CC2)(C2CC2)OC1=O. The van der Waals surface area contributed by atoms with Gasteiger partial charge in [0.15, 0.2) is 0 Å². The summed E-state index contributed by atoms with van der Waals surface area (Å²) in [5.41, 5.74) is -0.761. The Kier molecular flexibility index (Phi) is 2.11. The molecule has 0 N–H and O–H groups in total. The second kappa shape index (κ2) is 3.24. The van der Waals surface area contributed by atoms with Gasteiger partial charge in [0.05, 0.1) is 11.8 Å². The maximum absolute atomic E-state index is 12.1. The van der Waals surface area contributed by atoms with Gasteiger partial charge in [-0.15, -0.1) is 0 Å². The molecule has 0 aromatic rings. The molecule has 0 radical (unpaired) electrons. The van der Waals surface area contributed by atoms with Crippen LogP contribution in [-0.4, -0.2) is 17.7 Å². The molecule has 3 fully saturated rings. The van der Waals surface area contributed by atoms with E-state index in [1.54, 1.807) is 13.8 Å². The van der Waals surface area contributed by atoms with Gasteiger partial charge in [0.1, 0.15) is 0 Å². The molecular weight excluding hydrogens is 220 g/mol. The van der Waals surface area contributed by atoms with Crippen molar-refractivity contribution in [1.29, 1.82) is 0 Å². The van der Waals surface area contributed by atoms with Crippen LogP contribution in [0.15, 0.2) is 0 Å². The largest absolute Gasteiger partial charge is 0.422 e. The van der Waals surface area contributed by atoms with Gasteiger partial charge in [-0.2, -0.15) is 0 Å². The fourth-order valence-corrected chi connectivity index (χ4v) is 2.59. The van der Waals surface area contributed by atoms with E-state index in [1.165, 1.54) is 0 Å². The van der Waals surface area contributed by atoms with Crippen molar-refractivity contribution in [3.05, 3.63) is 0 Å². The van der Waals surface area contributed by atoms with Crippen molar-refractivity contribution in [2.45, 2.75) is 51.7 Å². The van der Waals surface area contributed by atoms with E-state index in [1.807, 2.05) is 0 Å². The Morgan fingerprint density at radius 1 is 1.00 bits per heavy atom. The summed E-state index contributed by atoms with van der Waals surface area (Å²) < 4.78 is 11.2. The van der Waals surface area contributed by atoms with Crippen LogP contribution in [0.2, 0.25) is 0 Å². The molecule has 3 aliphatic rings. The summed E-state index contributed by atoms with van der Waals surface area (Å²) in [6.45, 7) is 3.49. The minimum absolute atomic E-state index is 0.118. The van der Waals surface area contributed by atoms with Crippen LogP contribution in [0, 0.1) is 17.3 Å². The Morgan fingerprint density at radius 2 is 1.53 bits per heavy atom. The Morgan fingerprint density at radius 3 is 2.00 bits per heavy atom. The zero-order chi connectivity index (χ0) is 12.3. The normalized spacial score (nSPS) is 31.4. The standard InChI is InChI=1S/C13H18O4/c1-12(2)7-10(14)16-13(8-3-4-8,9-5-6-9)17-11(12)15/h8-9H,3-7H2,1-2H3. The van der Waals surface area contributed by atoms with Crippen molar-refractivity contribution in [2.75, 3.05) is 0 Å². The van der Waals surface area contributed by atoms with E-state index in [4.69, 9.17) is 9.47 Å². The quantitative estimate of drug-likeness (QED) is 0.691. The van der Waals surface area contributed by atoms with Gasteiger partial charge in [-0.25, -0.2) is 0 Å². The molecule has 4 heteroatoms. The van der Waals surface area contributed by atoms with E-state index in [-0.39, 0.29) is 30.2 Å². The predicted octanol–water partition coefficient (Wildman–Crippen LogP) is 2.02. The van der Waals surface area contributed by atoms with Crippen LogP contribution in [0.1, 0.15) is 46.0 Å². The first-order chi connectivity index (χ1) is 7.94. The third kappa shape index (κ3) is 1.74. The minimum atomic E-state index is -0.915. The van der Waals surface area contributed by atoms with Crippen molar-refractivity contribution in [1.82, 2.24) is 0 Å². The van der Waals surface area contributed by atoms with Crippen LogP contribution in [0.25, 0.3) is 0 Å². The lowest BCUT2D eigenvalue weighted by molar-refractivity contribution is -0.241. The number of hydrogen-bond donors (Lipinski definition) is 0. The summed E-state index contributed by atoms with van der Waals surface area (Å²) in [6, 6.07) is 0. The lowest BCUT2D eigenvalue weighted by Crippen LogP contribution is -2.43. The fraction of sp³-hybridized carbons (Fsp3) is 0.846. The average Bonchev–Trinajstić information content (AvgIpc) is 3.02. The first-order valence-electron chi connectivity index (χ1n) is 6.39. The topological polar surface area (TPSA) is 52.6 Å². The average molecular weight is 238 g/mol. The third-order valence-electron chi connectivity index (χ3n) is 3.96. The van der Waals surface area contributed by atoms with Crippen molar-refractivity contribution in [3.8, 4) is 0 Å². The van der Waals surface area contributed by atoms with Crippen molar-refractivity contribution in [2.24, 2.45) is 17.3 Å². The van der Waals surface area contributed by atoms with Crippen molar-refractivity contribution in [3.63, 3.8) is 0 Å². The molecule has 0 atom stereocenters. The summed E-state index contributed by atoms with van der Waals surface area (Å²) in [7, 11) is 0. The molecule has 0 bridgehead atoms. The molecule has 3 rings (SSSR count). The molecule has 0 aromatic heterocycles. The number of rotatable bonds is 2. The predicted molar refractivity (Wildman–Crippen MR) is 58.8 cm³/mol. The zero-order valence-electron chi connectivity index (χ0n) is 10.3. The second-order valence-electron chi connectivity index (χ2n) is 6.19. The van der Waals surface area contributed by atoms with Gasteiger partial charge in [-0.1, -0.05) is 0 Å². The number of hydrogen-bond acceptors (Lipinski definition) is 4. The van der Waals surface area contributed by atoms with Gasteiger partial charge >= 0.3 is 11.9 Å². The van der Waals surface area contributed by atoms with Gasteiger partial charge in [0.2, 0.25) is 0 Å². The molecule has 0 spiro atoms. The monoisotopic (exact) mass is 238 g/mol. The number of carbonyl (C=O) groups is 2. The molecule has 1 aliphatic heterocycles. The molecule has 17 heavy (non-hydrogen) atoms. The highest BCUT2D eigenvalue weighted by atomic mass is 16.7. The van der Waals surface area contributed by atoms with Gasteiger partial charge in [0, 0.05) is 11.8 Å². The maximum Gasteiger partial charge on any atom is 0.315 e. The Bertz CT molecular complexity index is 365. The number of ether oxygens (including phenoxy) is 2. The number of esters is 2. The summed E-state index contributed by atoms with van der Waals surface area (Å²) in [5.74, 6) is -1.03. The molecule has 0 amide bonds. The van der Waals surface area contributed by atoms with E-state index in [2.05, 4.69) is 0 Å². The van der Waals surface area contributed by atoms with Gasteiger partial charge in [-0.3, -0.25) is 9.59 Å². The van der Waals surface area contributed by atoms with Gasteiger partial charge in [-0.05, 0) is 39.5 Å². The fourth-order valence-electron chi connectivity index (χ4n) is 2.59. The Labute approximate surface area is 101 Å². The van der Waals surface area contributed by atoms with E-state index in [0.717, 1.165) is 25.7 Å². The van der Waals surface area contributed by atoms with Gasteiger partial charge < -0.3 is 9.47 Å². The molecular formula is C13H18O4. The summed E-state index contributed by atoms with van der Waals surface area (Å²) >= 11 is 0. The van der Waals surface area contributed by atoms with Crippen LogP contribution >= 0.6 is 0 Å². The van der Waals surface area contributed by atoms with Crippen LogP contribution in [0.4, 0.5) is 0 Å². The first kappa shape index (κ1) is 11.1. The van der Waals surface area contributed by atoms with Crippen molar-refractivity contribution < 1.29 is 19.1 Å². The van der Waals surface area contributed by atoms with Crippen LogP contribution in [0.5, 0.6) is 0 Å². The van der Waals surface area contributed by atoms with Gasteiger partial charge in [0.25, 0.3) is 5.79 Å². The highest BCUT2D eigenvalue weighted by molar-refractivity contribution is 5.84. The highest BCUT2D eigenvalue weighted by Gasteiger charge is 2.63. The van der Waals surface area contributed by atoms with Crippen molar-refractivity contribution >= 4 is 11.9 Å². The van der Waals surface area contributed by atoms with Crippen LogP contribution in [-0.2, 0) is 19.1 Å². The molecule has 0 unspecified atom stereocenters. The number of carbonyl (C=O) groups excluding carboxylic acids is 2. The third-order valence-corrected chi connectivity index (χ3v) is 3.96. The Hall–Kier alpha value is -1.06. The van der Waals surface area contributed by atoms with E-state index < -0.39 is 11.2 Å². The first-order valence-corrected chi connectivity index (χ1v) is 6.39. The highest BCUT2D eigenvalue weighted by Crippen LogP contribution is 2.56. The molecule has 2 aliphatic carbocycles. The minimum Gasteiger partial charge on any atom is -0.422 e. The lowest BCUT2D eigenvalue weighted by atomic mass is 9.90. The Balaban J connectivity index is 1.94. The molecule has 2 saturated carbocycles. The summed E-state index contributed by atoms with van der Waals surface area (Å²) in [5, 5.41) is 0. The van der Waals surface area contributed by atoms with Crippen LogP contribution in [0.3, 0.4) is 0 Å². The smallest absolute Gasteiger partial charge is 0.315 e. The van der Waals surface area contributed by atoms with E-state index >= 15 is 0 Å². The molecule has 0 aromatic carbocycles. The zero-order valence-corrected chi connectivity index (χ0v) is 10.3. The molecule has 1 saturated heterocycles. The second-order valence-corrected chi connectivity index (χ2v) is 6.19.